The molecule has 104 valence electrons. The first-order valence-electron chi connectivity index (χ1n) is 6.71. The molecule has 4 nitrogen and oxygen atoms in total. The Kier molecular flexibility index (Phi) is 2.87. The van der Waals surface area contributed by atoms with Crippen LogP contribution in [-0.4, -0.2) is 38.6 Å². The van der Waals surface area contributed by atoms with Crippen LogP contribution in [0.15, 0.2) is 18.2 Å². The van der Waals surface area contributed by atoms with Crippen LogP contribution in [0.3, 0.4) is 0 Å². The molecule has 3 rings (SSSR count). The van der Waals surface area contributed by atoms with Crippen LogP contribution in [0.4, 0.5) is 5.69 Å². The highest BCUT2D eigenvalue weighted by atomic mass is 32.2. The first-order chi connectivity index (χ1) is 8.91. The van der Waals surface area contributed by atoms with Crippen LogP contribution < -0.4 is 5.32 Å². The van der Waals surface area contributed by atoms with E-state index in [-0.39, 0.29) is 5.41 Å². The number of piperidine rings is 1. The Balaban J connectivity index is 1.88. The van der Waals surface area contributed by atoms with Crippen LogP contribution in [0.5, 0.6) is 0 Å². The van der Waals surface area contributed by atoms with Gasteiger partial charge in [0.05, 0.1) is 6.26 Å². The van der Waals surface area contributed by atoms with Crippen LogP contribution in [0.25, 0.3) is 0 Å². The summed E-state index contributed by atoms with van der Waals surface area (Å²) < 4.78 is 24.8. The third-order valence-corrected chi connectivity index (χ3v) is 5.82. The maximum Gasteiger partial charge on any atom is 0.211 e. The van der Waals surface area contributed by atoms with E-state index in [2.05, 4.69) is 30.4 Å². The van der Waals surface area contributed by atoms with Crippen molar-refractivity contribution in [2.75, 3.05) is 31.2 Å². The average Bonchev–Trinajstić information content (AvgIpc) is 2.68. The van der Waals surface area contributed by atoms with Gasteiger partial charge in [-0.3, -0.25) is 0 Å². The lowest BCUT2D eigenvalue weighted by atomic mass is 9.74. The van der Waals surface area contributed by atoms with Gasteiger partial charge in [-0.15, -0.1) is 0 Å². The van der Waals surface area contributed by atoms with E-state index in [4.69, 9.17) is 0 Å². The molecule has 0 unspecified atom stereocenters. The summed E-state index contributed by atoms with van der Waals surface area (Å²) in [4.78, 5) is 0. The number of nitrogens with one attached hydrogen (secondary N) is 1. The standard InChI is InChI=1S/C14H20N2O2S/c1-11-3-4-13-12(9-11)14(10-15-13)5-7-16(8-6-14)19(2,17)18/h3-4,9,15H,5-8,10H2,1-2H3. The van der Waals surface area contributed by atoms with Gasteiger partial charge in [0.2, 0.25) is 10.0 Å². The fraction of sp³-hybridized carbons (Fsp3) is 0.571. The quantitative estimate of drug-likeness (QED) is 0.852. The topological polar surface area (TPSA) is 49.4 Å². The lowest BCUT2D eigenvalue weighted by Crippen LogP contribution is -2.45. The van der Waals surface area contributed by atoms with Gasteiger partial charge < -0.3 is 5.32 Å². The second-order valence-corrected chi connectivity index (χ2v) is 7.83. The number of fused-ring (bicyclic) bond motifs is 2. The number of rotatable bonds is 1. The summed E-state index contributed by atoms with van der Waals surface area (Å²) >= 11 is 0. The van der Waals surface area contributed by atoms with Crippen LogP contribution in [0.2, 0.25) is 0 Å². The third-order valence-electron chi connectivity index (χ3n) is 4.51. The molecular formula is C14H20N2O2S. The van der Waals surface area contributed by atoms with E-state index in [0.717, 1.165) is 19.4 Å². The number of sulfonamides is 1. The summed E-state index contributed by atoms with van der Waals surface area (Å²) in [7, 11) is -3.04. The van der Waals surface area contributed by atoms with Crippen LogP contribution >= 0.6 is 0 Å². The number of aryl methyl sites for hydroxylation is 1. The Hall–Kier alpha value is -1.07. The largest absolute Gasteiger partial charge is 0.384 e. The zero-order valence-corrected chi connectivity index (χ0v) is 12.3. The molecular weight excluding hydrogens is 260 g/mol. The SMILES string of the molecule is Cc1ccc2c(c1)C1(CCN(S(C)(=O)=O)CC1)CN2. The van der Waals surface area contributed by atoms with Crippen molar-refractivity contribution in [1.29, 1.82) is 0 Å². The zero-order chi connectivity index (χ0) is 13.7. The first kappa shape index (κ1) is 12.9. The Morgan fingerprint density at radius 2 is 1.95 bits per heavy atom. The highest BCUT2D eigenvalue weighted by Gasteiger charge is 2.42. The van der Waals surface area contributed by atoms with Crippen molar-refractivity contribution < 1.29 is 8.42 Å². The Labute approximate surface area is 114 Å². The average molecular weight is 280 g/mol. The van der Waals surface area contributed by atoms with Crippen molar-refractivity contribution in [2.45, 2.75) is 25.2 Å². The molecule has 0 amide bonds. The van der Waals surface area contributed by atoms with Gasteiger partial charge in [-0.2, -0.15) is 0 Å². The number of benzene rings is 1. The van der Waals surface area contributed by atoms with Crippen molar-refractivity contribution in [1.82, 2.24) is 4.31 Å². The van der Waals surface area contributed by atoms with Gasteiger partial charge in [0.25, 0.3) is 0 Å². The number of hydrogen-bond donors (Lipinski definition) is 1. The summed E-state index contributed by atoms with van der Waals surface area (Å²) in [5, 5.41) is 3.47. The minimum absolute atomic E-state index is 0.128. The van der Waals surface area contributed by atoms with Crippen molar-refractivity contribution in [3.05, 3.63) is 29.3 Å². The molecule has 1 fully saturated rings. The molecule has 0 atom stereocenters. The molecule has 1 spiro atoms. The number of hydrogen-bond acceptors (Lipinski definition) is 3. The molecule has 1 aromatic rings. The molecule has 0 saturated carbocycles. The summed E-state index contributed by atoms with van der Waals surface area (Å²) in [6.07, 6.45) is 3.11. The molecule has 5 heteroatoms. The van der Waals surface area contributed by atoms with Gasteiger partial charge in [0.1, 0.15) is 0 Å². The molecule has 2 heterocycles. The summed E-state index contributed by atoms with van der Waals surface area (Å²) in [5.74, 6) is 0. The fourth-order valence-corrected chi connectivity index (χ4v) is 4.15. The van der Waals surface area contributed by atoms with Gasteiger partial charge >= 0.3 is 0 Å². The second kappa shape index (κ2) is 4.21. The summed E-state index contributed by atoms with van der Waals surface area (Å²) in [6.45, 7) is 4.31. The second-order valence-electron chi connectivity index (χ2n) is 5.84. The van der Waals surface area contributed by atoms with Gasteiger partial charge in [-0.1, -0.05) is 17.7 Å². The minimum atomic E-state index is -3.04. The van der Waals surface area contributed by atoms with Crippen LogP contribution in [0, 0.1) is 6.92 Å². The van der Waals surface area contributed by atoms with E-state index in [0.29, 0.717) is 13.1 Å². The van der Waals surface area contributed by atoms with Gasteiger partial charge in [-0.25, -0.2) is 12.7 Å². The van der Waals surface area contributed by atoms with Gasteiger partial charge in [-0.05, 0) is 31.4 Å². The molecule has 2 aliphatic heterocycles. The summed E-state index contributed by atoms with van der Waals surface area (Å²) in [6, 6.07) is 6.52. The molecule has 1 aromatic carbocycles. The van der Waals surface area contributed by atoms with E-state index < -0.39 is 10.0 Å². The maximum absolute atomic E-state index is 11.6. The molecule has 0 aliphatic carbocycles. The summed E-state index contributed by atoms with van der Waals surface area (Å²) in [5.41, 5.74) is 3.99. The predicted octanol–water partition coefficient (Wildman–Crippen LogP) is 1.71. The molecule has 0 aromatic heterocycles. The molecule has 0 bridgehead atoms. The highest BCUT2D eigenvalue weighted by Crippen LogP contribution is 2.44. The number of anilines is 1. The Morgan fingerprint density at radius 1 is 1.26 bits per heavy atom. The van der Waals surface area contributed by atoms with Crippen LogP contribution in [0.1, 0.15) is 24.0 Å². The van der Waals surface area contributed by atoms with Crippen molar-refractivity contribution in [3.63, 3.8) is 0 Å². The van der Waals surface area contributed by atoms with E-state index >= 15 is 0 Å². The lowest BCUT2D eigenvalue weighted by Gasteiger charge is -2.38. The smallest absolute Gasteiger partial charge is 0.211 e. The third kappa shape index (κ3) is 2.15. The molecule has 1 N–H and O–H groups in total. The van der Waals surface area contributed by atoms with E-state index in [1.54, 1.807) is 4.31 Å². The number of nitrogens with zero attached hydrogens (tertiary/aromatic N) is 1. The Bertz CT molecular complexity index is 602. The van der Waals surface area contributed by atoms with Crippen molar-refractivity contribution in [3.8, 4) is 0 Å². The maximum atomic E-state index is 11.6. The molecule has 2 aliphatic rings. The van der Waals surface area contributed by atoms with E-state index in [9.17, 15) is 8.42 Å². The zero-order valence-electron chi connectivity index (χ0n) is 11.4. The minimum Gasteiger partial charge on any atom is -0.384 e. The van der Waals surface area contributed by atoms with E-state index in [1.807, 2.05) is 0 Å². The lowest BCUT2D eigenvalue weighted by molar-refractivity contribution is 0.250. The van der Waals surface area contributed by atoms with Gasteiger partial charge in [0.15, 0.2) is 0 Å². The molecule has 1 saturated heterocycles. The van der Waals surface area contributed by atoms with Crippen LogP contribution in [-0.2, 0) is 15.4 Å². The monoisotopic (exact) mass is 280 g/mol. The van der Waals surface area contributed by atoms with E-state index in [1.165, 1.54) is 23.1 Å². The normalized spacial score (nSPS) is 22.2. The highest BCUT2D eigenvalue weighted by molar-refractivity contribution is 7.88. The molecule has 19 heavy (non-hydrogen) atoms. The molecule has 0 radical (unpaired) electrons. The first-order valence-corrected chi connectivity index (χ1v) is 8.56. The predicted molar refractivity (Wildman–Crippen MR) is 77.0 cm³/mol. The Morgan fingerprint density at radius 3 is 2.58 bits per heavy atom. The van der Waals surface area contributed by atoms with Gasteiger partial charge in [0, 0.05) is 30.7 Å². The van der Waals surface area contributed by atoms with Crippen molar-refractivity contribution >= 4 is 15.7 Å². The van der Waals surface area contributed by atoms with Crippen molar-refractivity contribution in [2.24, 2.45) is 0 Å². The fourth-order valence-electron chi connectivity index (χ4n) is 3.30.